The predicted molar refractivity (Wildman–Crippen MR) is 87.0 cm³/mol. The van der Waals surface area contributed by atoms with E-state index in [-0.39, 0.29) is 16.9 Å². The van der Waals surface area contributed by atoms with Crippen LogP contribution in [0.15, 0.2) is 23.1 Å². The van der Waals surface area contributed by atoms with Gasteiger partial charge in [0, 0.05) is 38.4 Å². The lowest BCUT2D eigenvalue weighted by Gasteiger charge is -2.54. The molecule has 2 saturated heterocycles. The number of amides is 1. The molecule has 2 aliphatic heterocycles. The number of aromatic nitrogens is 1. The Balaban J connectivity index is 1.75. The molecule has 120 valence electrons. The van der Waals surface area contributed by atoms with Crippen molar-refractivity contribution in [2.75, 3.05) is 24.5 Å². The van der Waals surface area contributed by atoms with Gasteiger partial charge in [-0.1, -0.05) is 6.92 Å². The minimum Gasteiger partial charge on any atom is -0.317 e. The Bertz CT molecular complexity index is 639. The number of likely N-dealkylation sites (tertiary alicyclic amines) is 1. The van der Waals surface area contributed by atoms with E-state index in [9.17, 15) is 9.59 Å². The van der Waals surface area contributed by atoms with Gasteiger partial charge in [0.15, 0.2) is 0 Å². The molecule has 0 aromatic carbocycles. The van der Waals surface area contributed by atoms with Crippen LogP contribution in [0.4, 0.5) is 5.69 Å². The molecule has 0 bridgehead atoms. The Morgan fingerprint density at radius 2 is 2.05 bits per heavy atom. The molecule has 5 nitrogen and oxygen atoms in total. The Hall–Kier alpha value is -1.62. The number of hydrogen-bond acceptors (Lipinski definition) is 3. The highest BCUT2D eigenvalue weighted by molar-refractivity contribution is 6.04. The Labute approximate surface area is 131 Å². The third kappa shape index (κ3) is 2.37. The maximum Gasteiger partial charge on any atom is 0.250 e. The van der Waals surface area contributed by atoms with Gasteiger partial charge in [0.25, 0.3) is 0 Å². The second-order valence-corrected chi connectivity index (χ2v) is 6.84. The van der Waals surface area contributed by atoms with Gasteiger partial charge in [0.1, 0.15) is 0 Å². The summed E-state index contributed by atoms with van der Waals surface area (Å²) < 4.78 is 1.53. The van der Waals surface area contributed by atoms with Crippen molar-refractivity contribution in [2.24, 2.45) is 12.5 Å². The lowest BCUT2D eigenvalue weighted by Crippen LogP contribution is -2.68. The summed E-state index contributed by atoms with van der Waals surface area (Å²) in [5, 5.41) is 0. The molecule has 0 unspecified atom stereocenters. The summed E-state index contributed by atoms with van der Waals surface area (Å²) in [6.45, 7) is 7.20. The van der Waals surface area contributed by atoms with Crippen LogP contribution < -0.4 is 10.5 Å². The van der Waals surface area contributed by atoms with Gasteiger partial charge in [0.2, 0.25) is 11.5 Å². The fraction of sp³-hybridized carbons (Fsp3) is 0.647. The van der Waals surface area contributed by atoms with Crippen molar-refractivity contribution in [3.63, 3.8) is 0 Å². The number of nitrogens with zero attached hydrogens (tertiary/aromatic N) is 3. The predicted octanol–water partition coefficient (Wildman–Crippen LogP) is 1.61. The van der Waals surface area contributed by atoms with Crippen LogP contribution in [0.25, 0.3) is 0 Å². The SMILES string of the molecule is CC[C@H](C)N1CCC[C@]2(CN(c3ccc(=O)n(C)c3)C2=O)C1. The van der Waals surface area contributed by atoms with Crippen LogP contribution >= 0.6 is 0 Å². The van der Waals surface area contributed by atoms with Crippen molar-refractivity contribution in [3.8, 4) is 0 Å². The molecular formula is C17H25N3O2. The second-order valence-electron chi connectivity index (χ2n) is 6.84. The van der Waals surface area contributed by atoms with E-state index >= 15 is 0 Å². The van der Waals surface area contributed by atoms with Crippen molar-refractivity contribution >= 4 is 11.6 Å². The smallest absolute Gasteiger partial charge is 0.250 e. The number of carbonyl (C=O) groups is 1. The first-order valence-electron chi connectivity index (χ1n) is 8.19. The van der Waals surface area contributed by atoms with Gasteiger partial charge in [-0.15, -0.1) is 0 Å². The van der Waals surface area contributed by atoms with Crippen molar-refractivity contribution in [3.05, 3.63) is 28.7 Å². The average molecular weight is 303 g/mol. The summed E-state index contributed by atoms with van der Waals surface area (Å²) in [6, 6.07) is 3.82. The highest BCUT2D eigenvalue weighted by Crippen LogP contribution is 2.42. The van der Waals surface area contributed by atoms with E-state index in [0.717, 1.165) is 44.6 Å². The number of piperidine rings is 1. The molecule has 2 atom stereocenters. The van der Waals surface area contributed by atoms with E-state index in [0.29, 0.717) is 6.04 Å². The van der Waals surface area contributed by atoms with Gasteiger partial charge in [-0.3, -0.25) is 14.5 Å². The Morgan fingerprint density at radius 3 is 2.68 bits per heavy atom. The zero-order valence-electron chi connectivity index (χ0n) is 13.7. The van der Waals surface area contributed by atoms with E-state index in [4.69, 9.17) is 0 Å². The van der Waals surface area contributed by atoms with Crippen LogP contribution in [0, 0.1) is 5.41 Å². The molecule has 1 amide bonds. The van der Waals surface area contributed by atoms with E-state index in [1.54, 1.807) is 19.3 Å². The average Bonchev–Trinajstić information content (AvgIpc) is 2.54. The van der Waals surface area contributed by atoms with E-state index in [1.807, 2.05) is 4.90 Å². The minimum absolute atomic E-state index is 0.0490. The highest BCUT2D eigenvalue weighted by atomic mass is 16.2. The number of hydrogen-bond donors (Lipinski definition) is 0. The summed E-state index contributed by atoms with van der Waals surface area (Å²) >= 11 is 0. The number of aryl methyl sites for hydroxylation is 1. The molecule has 1 spiro atoms. The third-order valence-electron chi connectivity index (χ3n) is 5.36. The molecule has 3 rings (SSSR count). The zero-order chi connectivity index (χ0) is 15.9. The van der Waals surface area contributed by atoms with Crippen LogP contribution in [0.1, 0.15) is 33.1 Å². The van der Waals surface area contributed by atoms with Gasteiger partial charge in [-0.25, -0.2) is 0 Å². The van der Waals surface area contributed by atoms with Gasteiger partial charge in [-0.05, 0) is 38.8 Å². The largest absolute Gasteiger partial charge is 0.317 e. The molecule has 22 heavy (non-hydrogen) atoms. The monoisotopic (exact) mass is 303 g/mol. The lowest BCUT2D eigenvalue weighted by molar-refractivity contribution is -0.140. The topological polar surface area (TPSA) is 45.5 Å². The van der Waals surface area contributed by atoms with Gasteiger partial charge in [0.05, 0.1) is 11.1 Å². The summed E-state index contributed by atoms with van der Waals surface area (Å²) in [6.07, 6.45) is 4.95. The van der Waals surface area contributed by atoms with Gasteiger partial charge < -0.3 is 9.47 Å². The molecule has 1 aromatic rings. The molecule has 2 aliphatic rings. The summed E-state index contributed by atoms with van der Waals surface area (Å²) in [5.74, 6) is 0.221. The molecular weight excluding hydrogens is 278 g/mol. The summed E-state index contributed by atoms with van der Waals surface area (Å²) in [5.41, 5.74) is 0.585. The molecule has 0 radical (unpaired) electrons. The fourth-order valence-corrected chi connectivity index (χ4v) is 3.69. The van der Waals surface area contributed by atoms with E-state index in [2.05, 4.69) is 18.7 Å². The van der Waals surface area contributed by atoms with Crippen molar-refractivity contribution < 1.29 is 4.79 Å². The number of β-lactam (4-membered cyclic amide) rings is 1. The number of anilines is 1. The zero-order valence-corrected chi connectivity index (χ0v) is 13.7. The molecule has 1 aromatic heterocycles. The fourth-order valence-electron chi connectivity index (χ4n) is 3.69. The highest BCUT2D eigenvalue weighted by Gasteiger charge is 2.54. The number of carbonyl (C=O) groups excluding carboxylic acids is 1. The Kier molecular flexibility index (Phi) is 3.85. The molecule has 2 fully saturated rings. The normalized spacial score (nSPS) is 27.0. The summed E-state index contributed by atoms with van der Waals surface area (Å²) in [4.78, 5) is 28.6. The quantitative estimate of drug-likeness (QED) is 0.797. The number of rotatable bonds is 3. The lowest BCUT2D eigenvalue weighted by atomic mass is 9.72. The molecule has 0 N–H and O–H groups in total. The standard InChI is InChI=1S/C17H25N3O2/c1-4-13(2)19-9-5-8-17(11-19)12-20(16(17)22)14-6-7-15(21)18(3)10-14/h6-7,10,13H,4-5,8-9,11-12H2,1-3H3/t13-,17+/m0/s1. The molecule has 0 aliphatic carbocycles. The van der Waals surface area contributed by atoms with Gasteiger partial charge in [-0.2, -0.15) is 0 Å². The first kappa shape index (κ1) is 15.3. The minimum atomic E-state index is -0.198. The summed E-state index contributed by atoms with van der Waals surface area (Å²) in [7, 11) is 1.72. The van der Waals surface area contributed by atoms with Crippen LogP contribution in [-0.4, -0.2) is 41.1 Å². The van der Waals surface area contributed by atoms with E-state index in [1.165, 1.54) is 10.6 Å². The van der Waals surface area contributed by atoms with Crippen LogP contribution in [0.3, 0.4) is 0 Å². The second kappa shape index (κ2) is 5.54. The molecule has 3 heterocycles. The van der Waals surface area contributed by atoms with Gasteiger partial charge >= 0.3 is 0 Å². The first-order chi connectivity index (χ1) is 10.5. The van der Waals surface area contributed by atoms with Crippen molar-refractivity contribution in [1.82, 2.24) is 9.47 Å². The first-order valence-corrected chi connectivity index (χ1v) is 8.19. The third-order valence-corrected chi connectivity index (χ3v) is 5.36. The van der Waals surface area contributed by atoms with Crippen molar-refractivity contribution in [1.29, 1.82) is 0 Å². The van der Waals surface area contributed by atoms with Crippen molar-refractivity contribution in [2.45, 2.75) is 39.2 Å². The van der Waals surface area contributed by atoms with Crippen LogP contribution in [-0.2, 0) is 11.8 Å². The maximum absolute atomic E-state index is 12.8. The van der Waals surface area contributed by atoms with Crippen LogP contribution in [0.2, 0.25) is 0 Å². The van der Waals surface area contributed by atoms with E-state index < -0.39 is 0 Å². The molecule has 0 saturated carbocycles. The van der Waals surface area contributed by atoms with Crippen LogP contribution in [0.5, 0.6) is 0 Å². The Morgan fingerprint density at radius 1 is 1.27 bits per heavy atom. The molecule has 5 heteroatoms. The maximum atomic E-state index is 12.8. The number of pyridine rings is 1.